The quantitative estimate of drug-likeness (QED) is 0.895. The minimum absolute atomic E-state index is 0.566. The van der Waals surface area contributed by atoms with Crippen LogP contribution in [-0.2, 0) is 0 Å². The first kappa shape index (κ1) is 13.1. The largest absolute Gasteiger partial charge is 0.317 e. The molecular formula is C17H26N2. The van der Waals surface area contributed by atoms with Gasteiger partial charge in [0.1, 0.15) is 0 Å². The van der Waals surface area contributed by atoms with Crippen molar-refractivity contribution < 1.29 is 0 Å². The highest BCUT2D eigenvalue weighted by molar-refractivity contribution is 5.24. The van der Waals surface area contributed by atoms with E-state index in [9.17, 15) is 0 Å². The highest BCUT2D eigenvalue weighted by atomic mass is 15.3. The molecule has 2 saturated heterocycles. The van der Waals surface area contributed by atoms with E-state index in [-0.39, 0.29) is 0 Å². The number of piperidine rings is 1. The third-order valence-electron chi connectivity index (χ3n) is 5.20. The Balaban J connectivity index is 1.77. The van der Waals surface area contributed by atoms with E-state index in [2.05, 4.69) is 55.4 Å². The van der Waals surface area contributed by atoms with Crippen LogP contribution in [0.2, 0.25) is 0 Å². The van der Waals surface area contributed by atoms with Crippen molar-refractivity contribution >= 4 is 0 Å². The van der Waals surface area contributed by atoms with Crippen LogP contribution in [0.15, 0.2) is 24.3 Å². The molecule has 0 saturated carbocycles. The molecule has 1 aromatic carbocycles. The molecule has 0 aromatic heterocycles. The molecule has 2 bridgehead atoms. The van der Waals surface area contributed by atoms with Crippen LogP contribution >= 0.6 is 0 Å². The molecule has 2 aliphatic heterocycles. The number of nitrogens with zero attached hydrogens (tertiary/aromatic N) is 1. The number of nitrogens with one attached hydrogen (secondary N) is 1. The van der Waals surface area contributed by atoms with Gasteiger partial charge < -0.3 is 5.32 Å². The molecule has 1 N–H and O–H groups in total. The summed E-state index contributed by atoms with van der Waals surface area (Å²) in [6.45, 7) is 4.55. The molecule has 2 heterocycles. The Morgan fingerprint density at radius 1 is 1.11 bits per heavy atom. The monoisotopic (exact) mass is 258 g/mol. The fraction of sp³-hybridized carbons (Fsp3) is 0.647. The van der Waals surface area contributed by atoms with E-state index in [4.69, 9.17) is 0 Å². The van der Waals surface area contributed by atoms with E-state index >= 15 is 0 Å². The standard InChI is InChI=1S/C17H26N2/c1-12-4-6-14(7-5-12)13(2)19-16-8-9-17(19)11-15(10-16)18-3/h4-7,13,15-18H,8-11H2,1-3H3. The van der Waals surface area contributed by atoms with Crippen LogP contribution in [0, 0.1) is 6.92 Å². The molecule has 2 fully saturated rings. The van der Waals surface area contributed by atoms with Gasteiger partial charge in [-0.05, 0) is 52.1 Å². The van der Waals surface area contributed by atoms with Gasteiger partial charge in [-0.15, -0.1) is 0 Å². The van der Waals surface area contributed by atoms with E-state index in [1.807, 2.05) is 0 Å². The van der Waals surface area contributed by atoms with Crippen molar-refractivity contribution in [2.45, 2.75) is 63.7 Å². The van der Waals surface area contributed by atoms with E-state index in [0.717, 1.165) is 18.1 Å². The summed E-state index contributed by atoms with van der Waals surface area (Å²) in [7, 11) is 2.11. The van der Waals surface area contributed by atoms with Crippen molar-refractivity contribution in [1.29, 1.82) is 0 Å². The van der Waals surface area contributed by atoms with Crippen LogP contribution in [0.4, 0.5) is 0 Å². The Hall–Kier alpha value is -0.860. The van der Waals surface area contributed by atoms with E-state index in [0.29, 0.717) is 6.04 Å². The second-order valence-electron chi connectivity index (χ2n) is 6.38. The van der Waals surface area contributed by atoms with E-state index < -0.39 is 0 Å². The summed E-state index contributed by atoms with van der Waals surface area (Å²) in [6.07, 6.45) is 5.42. The van der Waals surface area contributed by atoms with Gasteiger partial charge in [0, 0.05) is 24.2 Å². The molecule has 3 atom stereocenters. The van der Waals surface area contributed by atoms with Gasteiger partial charge >= 0.3 is 0 Å². The van der Waals surface area contributed by atoms with Crippen molar-refractivity contribution in [3.05, 3.63) is 35.4 Å². The molecule has 1 aromatic rings. The number of hydrogen-bond donors (Lipinski definition) is 1. The predicted octanol–water partition coefficient (Wildman–Crippen LogP) is 3.27. The normalized spacial score (nSPS) is 32.5. The van der Waals surface area contributed by atoms with Crippen molar-refractivity contribution in [2.24, 2.45) is 0 Å². The van der Waals surface area contributed by atoms with Gasteiger partial charge in [0.2, 0.25) is 0 Å². The summed E-state index contributed by atoms with van der Waals surface area (Å²) in [4.78, 5) is 2.79. The number of hydrogen-bond acceptors (Lipinski definition) is 2. The molecule has 2 aliphatic rings. The Labute approximate surface area is 117 Å². The van der Waals surface area contributed by atoms with Gasteiger partial charge in [-0.3, -0.25) is 4.90 Å². The first-order valence-electron chi connectivity index (χ1n) is 7.70. The molecule has 0 amide bonds. The fourth-order valence-electron chi connectivity index (χ4n) is 4.10. The first-order valence-corrected chi connectivity index (χ1v) is 7.70. The zero-order valence-electron chi connectivity index (χ0n) is 12.4. The lowest BCUT2D eigenvalue weighted by atomic mass is 9.93. The van der Waals surface area contributed by atoms with Gasteiger partial charge in [0.15, 0.2) is 0 Å². The lowest BCUT2D eigenvalue weighted by Gasteiger charge is -2.42. The van der Waals surface area contributed by atoms with Gasteiger partial charge in [-0.1, -0.05) is 29.8 Å². The number of benzene rings is 1. The molecule has 0 aliphatic carbocycles. The summed E-state index contributed by atoms with van der Waals surface area (Å²) in [5.74, 6) is 0. The number of aryl methyl sites for hydroxylation is 1. The molecule has 3 unspecified atom stereocenters. The first-order chi connectivity index (χ1) is 9.19. The number of fused-ring (bicyclic) bond motifs is 2. The Kier molecular flexibility index (Phi) is 3.64. The highest BCUT2D eigenvalue weighted by Gasteiger charge is 2.42. The maximum Gasteiger partial charge on any atom is 0.0325 e. The van der Waals surface area contributed by atoms with E-state index in [1.54, 1.807) is 0 Å². The van der Waals surface area contributed by atoms with Crippen LogP contribution in [0.3, 0.4) is 0 Å². The molecule has 2 heteroatoms. The zero-order valence-corrected chi connectivity index (χ0v) is 12.4. The second kappa shape index (κ2) is 5.26. The van der Waals surface area contributed by atoms with Crippen molar-refractivity contribution in [3.63, 3.8) is 0 Å². The average molecular weight is 258 g/mol. The fourth-order valence-corrected chi connectivity index (χ4v) is 4.10. The Morgan fingerprint density at radius 3 is 2.21 bits per heavy atom. The third-order valence-corrected chi connectivity index (χ3v) is 5.20. The van der Waals surface area contributed by atoms with Gasteiger partial charge in [-0.25, -0.2) is 0 Å². The molecule has 104 valence electrons. The topological polar surface area (TPSA) is 15.3 Å². The molecule has 0 spiro atoms. The van der Waals surface area contributed by atoms with Crippen LogP contribution in [0.1, 0.15) is 49.8 Å². The molecule has 0 radical (unpaired) electrons. The average Bonchev–Trinajstić information content (AvgIpc) is 2.69. The molecule has 19 heavy (non-hydrogen) atoms. The van der Waals surface area contributed by atoms with Crippen molar-refractivity contribution in [1.82, 2.24) is 10.2 Å². The predicted molar refractivity (Wildman–Crippen MR) is 80.3 cm³/mol. The van der Waals surface area contributed by atoms with Crippen LogP contribution < -0.4 is 5.32 Å². The summed E-state index contributed by atoms with van der Waals surface area (Å²) in [5, 5.41) is 3.48. The maximum absolute atomic E-state index is 3.48. The van der Waals surface area contributed by atoms with Gasteiger partial charge in [-0.2, -0.15) is 0 Å². The van der Waals surface area contributed by atoms with Gasteiger partial charge in [0.25, 0.3) is 0 Å². The van der Waals surface area contributed by atoms with Crippen molar-refractivity contribution in [2.75, 3.05) is 7.05 Å². The third kappa shape index (κ3) is 2.44. The second-order valence-corrected chi connectivity index (χ2v) is 6.38. The number of rotatable bonds is 3. The van der Waals surface area contributed by atoms with Crippen LogP contribution in [0.25, 0.3) is 0 Å². The van der Waals surface area contributed by atoms with Crippen LogP contribution in [-0.4, -0.2) is 30.1 Å². The molecule has 2 nitrogen and oxygen atoms in total. The highest BCUT2D eigenvalue weighted by Crippen LogP contribution is 2.41. The lowest BCUT2D eigenvalue weighted by Crippen LogP contribution is -2.49. The zero-order chi connectivity index (χ0) is 13.4. The summed E-state index contributed by atoms with van der Waals surface area (Å²) < 4.78 is 0. The Morgan fingerprint density at radius 2 is 1.68 bits per heavy atom. The Bertz CT molecular complexity index is 411. The SMILES string of the molecule is CNC1CC2CCC(C1)N2C(C)c1ccc(C)cc1. The summed E-state index contributed by atoms with van der Waals surface area (Å²) in [5.41, 5.74) is 2.83. The minimum Gasteiger partial charge on any atom is -0.317 e. The summed E-state index contributed by atoms with van der Waals surface area (Å²) in [6, 6.07) is 12.0. The molecular weight excluding hydrogens is 232 g/mol. The summed E-state index contributed by atoms with van der Waals surface area (Å²) >= 11 is 0. The van der Waals surface area contributed by atoms with Gasteiger partial charge in [0.05, 0.1) is 0 Å². The lowest BCUT2D eigenvalue weighted by molar-refractivity contribution is 0.0789. The van der Waals surface area contributed by atoms with E-state index in [1.165, 1.54) is 36.8 Å². The van der Waals surface area contributed by atoms with Crippen LogP contribution in [0.5, 0.6) is 0 Å². The minimum atomic E-state index is 0.566. The molecule has 3 rings (SSSR count). The van der Waals surface area contributed by atoms with Crippen molar-refractivity contribution in [3.8, 4) is 0 Å². The smallest absolute Gasteiger partial charge is 0.0325 e. The maximum atomic E-state index is 3.48.